The minimum Gasteiger partial charge on any atom is -0.450 e. The lowest BCUT2D eigenvalue weighted by molar-refractivity contribution is 0.102. The third kappa shape index (κ3) is 2.05. The van der Waals surface area contributed by atoms with Crippen LogP contribution in [0.4, 0.5) is 9.18 Å². The number of ether oxygens (including phenoxy) is 1. The molecule has 0 aliphatic carbocycles. The number of hydrogen-bond acceptors (Lipinski definition) is 2. The number of aromatic amines is 1. The van der Waals surface area contributed by atoms with Crippen molar-refractivity contribution in [3.63, 3.8) is 0 Å². The number of nitrogens with zero attached hydrogens (tertiary/aromatic N) is 1. The molecule has 100 valence electrons. The number of amides is 1. The maximum atomic E-state index is 13.3. The van der Waals surface area contributed by atoms with Crippen LogP contribution in [0.2, 0.25) is 0 Å². The number of nitrogens with one attached hydrogen (secondary N) is 1. The number of fused-ring (bicyclic) bond motifs is 3. The highest BCUT2D eigenvalue weighted by Crippen LogP contribution is 2.28. The zero-order valence-corrected chi connectivity index (χ0v) is 10.7. The van der Waals surface area contributed by atoms with Gasteiger partial charge in [-0.05, 0) is 37.1 Å². The summed E-state index contributed by atoms with van der Waals surface area (Å²) >= 11 is 0. The van der Waals surface area contributed by atoms with E-state index >= 15 is 0 Å². The van der Waals surface area contributed by atoms with Gasteiger partial charge in [0.05, 0.1) is 13.2 Å². The first-order valence-electron chi connectivity index (χ1n) is 6.39. The van der Waals surface area contributed by atoms with Gasteiger partial charge in [0, 0.05) is 23.1 Å². The Morgan fingerprint density at radius 2 is 2.37 bits per heavy atom. The summed E-state index contributed by atoms with van der Waals surface area (Å²) in [5.74, 6) is -0.234. The summed E-state index contributed by atoms with van der Waals surface area (Å²) in [6.45, 7) is 3.26. The number of carbonyl (C=O) groups excluding carboxylic acids is 1. The van der Waals surface area contributed by atoms with E-state index in [1.807, 2.05) is 0 Å². The SMILES string of the molecule is CCOC(=O)N1CCc2c([nH]c3ccc(F)cc23)C1. The van der Waals surface area contributed by atoms with Gasteiger partial charge in [-0.15, -0.1) is 0 Å². The van der Waals surface area contributed by atoms with E-state index in [1.165, 1.54) is 6.07 Å². The highest BCUT2D eigenvalue weighted by Gasteiger charge is 2.24. The van der Waals surface area contributed by atoms with Crippen molar-refractivity contribution < 1.29 is 13.9 Å². The molecule has 3 rings (SSSR count). The molecular formula is C14H15FN2O2. The number of rotatable bonds is 1. The summed E-state index contributed by atoms with van der Waals surface area (Å²) in [5.41, 5.74) is 2.99. The molecule has 0 bridgehead atoms. The lowest BCUT2D eigenvalue weighted by Crippen LogP contribution is -2.36. The molecule has 1 N–H and O–H groups in total. The second-order valence-corrected chi connectivity index (χ2v) is 4.64. The van der Waals surface area contributed by atoms with Gasteiger partial charge in [-0.1, -0.05) is 0 Å². The molecule has 1 amide bonds. The molecule has 0 atom stereocenters. The highest BCUT2D eigenvalue weighted by molar-refractivity contribution is 5.85. The van der Waals surface area contributed by atoms with Crippen LogP contribution in [-0.2, 0) is 17.7 Å². The van der Waals surface area contributed by atoms with E-state index in [2.05, 4.69) is 4.98 Å². The Morgan fingerprint density at radius 1 is 1.53 bits per heavy atom. The van der Waals surface area contributed by atoms with Crippen LogP contribution in [-0.4, -0.2) is 29.1 Å². The predicted octanol–water partition coefficient (Wildman–Crippen LogP) is 2.82. The molecule has 1 aromatic carbocycles. The third-order valence-electron chi connectivity index (χ3n) is 3.46. The molecule has 0 unspecified atom stereocenters. The smallest absolute Gasteiger partial charge is 0.410 e. The quantitative estimate of drug-likeness (QED) is 0.859. The normalized spacial score (nSPS) is 14.5. The fraction of sp³-hybridized carbons (Fsp3) is 0.357. The van der Waals surface area contributed by atoms with Crippen LogP contribution in [0, 0.1) is 5.82 Å². The predicted molar refractivity (Wildman–Crippen MR) is 69.4 cm³/mol. The number of H-pyrrole nitrogens is 1. The third-order valence-corrected chi connectivity index (χ3v) is 3.46. The van der Waals surface area contributed by atoms with Gasteiger partial charge in [0.15, 0.2) is 0 Å². The maximum Gasteiger partial charge on any atom is 0.410 e. The minimum atomic E-state index is -0.294. The Morgan fingerprint density at radius 3 is 3.16 bits per heavy atom. The van der Waals surface area contributed by atoms with E-state index in [4.69, 9.17) is 4.74 Å². The van der Waals surface area contributed by atoms with E-state index in [-0.39, 0.29) is 11.9 Å². The fourth-order valence-corrected chi connectivity index (χ4v) is 2.58. The second-order valence-electron chi connectivity index (χ2n) is 4.64. The monoisotopic (exact) mass is 262 g/mol. The van der Waals surface area contributed by atoms with Crippen LogP contribution in [0.25, 0.3) is 10.9 Å². The van der Waals surface area contributed by atoms with Gasteiger partial charge in [-0.25, -0.2) is 9.18 Å². The van der Waals surface area contributed by atoms with Crippen molar-refractivity contribution in [2.24, 2.45) is 0 Å². The second kappa shape index (κ2) is 4.57. The Hall–Kier alpha value is -2.04. The van der Waals surface area contributed by atoms with Gasteiger partial charge < -0.3 is 14.6 Å². The van der Waals surface area contributed by atoms with Crippen molar-refractivity contribution in [1.29, 1.82) is 0 Å². The van der Waals surface area contributed by atoms with E-state index in [0.29, 0.717) is 19.7 Å². The highest BCUT2D eigenvalue weighted by atomic mass is 19.1. The Bertz CT molecular complexity index is 636. The summed E-state index contributed by atoms with van der Waals surface area (Å²) in [5, 5.41) is 0.915. The van der Waals surface area contributed by atoms with E-state index in [1.54, 1.807) is 24.0 Å². The molecule has 1 aliphatic rings. The van der Waals surface area contributed by atoms with Crippen molar-refractivity contribution in [3.05, 3.63) is 35.3 Å². The molecule has 19 heavy (non-hydrogen) atoms. The lowest BCUT2D eigenvalue weighted by atomic mass is 10.0. The van der Waals surface area contributed by atoms with Gasteiger partial charge in [-0.3, -0.25) is 0 Å². The fourth-order valence-electron chi connectivity index (χ4n) is 2.58. The largest absolute Gasteiger partial charge is 0.450 e. The molecular weight excluding hydrogens is 247 g/mol. The van der Waals surface area contributed by atoms with Crippen molar-refractivity contribution in [2.45, 2.75) is 19.9 Å². The maximum absolute atomic E-state index is 13.3. The topological polar surface area (TPSA) is 45.3 Å². The first-order valence-corrected chi connectivity index (χ1v) is 6.39. The standard InChI is InChI=1S/C14H15FN2O2/c1-2-19-14(18)17-6-5-10-11-7-9(15)3-4-12(11)16-13(10)8-17/h3-4,7,16H,2,5-6,8H2,1H3. The molecule has 5 heteroatoms. The summed E-state index contributed by atoms with van der Waals surface area (Å²) in [6.07, 6.45) is 0.426. The van der Waals surface area contributed by atoms with E-state index < -0.39 is 0 Å². The first-order chi connectivity index (χ1) is 9.19. The number of halogens is 1. The van der Waals surface area contributed by atoms with Crippen molar-refractivity contribution >= 4 is 17.0 Å². The summed E-state index contributed by atoms with van der Waals surface area (Å²) < 4.78 is 18.3. The van der Waals surface area contributed by atoms with Gasteiger partial charge in [-0.2, -0.15) is 0 Å². The van der Waals surface area contributed by atoms with Crippen LogP contribution >= 0.6 is 0 Å². The van der Waals surface area contributed by atoms with E-state index in [9.17, 15) is 9.18 Å². The van der Waals surface area contributed by atoms with Gasteiger partial charge in [0.2, 0.25) is 0 Å². The molecule has 0 fully saturated rings. The van der Waals surface area contributed by atoms with Crippen LogP contribution < -0.4 is 0 Å². The van der Waals surface area contributed by atoms with Crippen LogP contribution in [0.1, 0.15) is 18.2 Å². The molecule has 0 spiro atoms. The molecule has 4 nitrogen and oxygen atoms in total. The molecule has 1 aromatic heterocycles. The van der Waals surface area contributed by atoms with E-state index in [0.717, 1.165) is 28.6 Å². The minimum absolute atomic E-state index is 0.234. The van der Waals surface area contributed by atoms with Crippen LogP contribution in [0.15, 0.2) is 18.2 Å². The summed E-state index contributed by atoms with van der Waals surface area (Å²) in [4.78, 5) is 16.6. The van der Waals surface area contributed by atoms with Crippen molar-refractivity contribution in [1.82, 2.24) is 9.88 Å². The van der Waals surface area contributed by atoms with Crippen molar-refractivity contribution in [3.8, 4) is 0 Å². The Kier molecular flexibility index (Phi) is 2.89. The number of aromatic nitrogens is 1. The van der Waals surface area contributed by atoms with Gasteiger partial charge >= 0.3 is 6.09 Å². The molecule has 2 heterocycles. The Labute approximate surface area is 110 Å². The molecule has 1 aliphatic heterocycles. The average molecular weight is 262 g/mol. The number of hydrogen-bond donors (Lipinski definition) is 1. The zero-order valence-electron chi connectivity index (χ0n) is 10.7. The Balaban J connectivity index is 1.93. The van der Waals surface area contributed by atoms with Crippen LogP contribution in [0.5, 0.6) is 0 Å². The first kappa shape index (κ1) is 12.0. The molecule has 2 aromatic rings. The lowest BCUT2D eigenvalue weighted by Gasteiger charge is -2.26. The molecule has 0 radical (unpaired) electrons. The van der Waals surface area contributed by atoms with Crippen LogP contribution in [0.3, 0.4) is 0 Å². The summed E-state index contributed by atoms with van der Waals surface area (Å²) in [7, 11) is 0. The summed E-state index contributed by atoms with van der Waals surface area (Å²) in [6, 6.07) is 4.72. The molecule has 0 saturated carbocycles. The van der Waals surface area contributed by atoms with Crippen molar-refractivity contribution in [2.75, 3.05) is 13.2 Å². The molecule has 0 saturated heterocycles. The zero-order chi connectivity index (χ0) is 13.4. The van der Waals surface area contributed by atoms with Gasteiger partial charge in [0.1, 0.15) is 5.82 Å². The number of carbonyl (C=O) groups is 1. The average Bonchev–Trinajstić information content (AvgIpc) is 2.76. The van der Waals surface area contributed by atoms with Gasteiger partial charge in [0.25, 0.3) is 0 Å². The number of benzene rings is 1.